The number of nitrogens with zero attached hydrogens (tertiary/aromatic N) is 1. The number of hydrogen-bond donors (Lipinski definition) is 1. The number of hydrogen-bond acceptors (Lipinski definition) is 4. The van der Waals surface area contributed by atoms with Gasteiger partial charge in [-0.05, 0) is 19.1 Å². The summed E-state index contributed by atoms with van der Waals surface area (Å²) in [5.41, 5.74) is 0.557. The number of nitriles is 1. The first-order valence-corrected chi connectivity index (χ1v) is 6.61. The zero-order valence-corrected chi connectivity index (χ0v) is 10.9. The molecular formula is C13H17NO2S. The molecule has 92 valence electrons. The first-order chi connectivity index (χ1) is 8.15. The summed E-state index contributed by atoms with van der Waals surface area (Å²) in [7, 11) is 0. The number of aliphatic hydroxyl groups excluding tert-OH is 1. The van der Waals surface area contributed by atoms with E-state index in [-0.39, 0.29) is 11.4 Å². The maximum Gasteiger partial charge on any atom is 0.137 e. The molecule has 2 unspecified atom stereocenters. The molecule has 0 amide bonds. The Hall–Kier alpha value is -1.18. The van der Waals surface area contributed by atoms with Crippen LogP contribution in [0.4, 0.5) is 0 Å². The fraction of sp³-hybridized carbons (Fsp3) is 0.462. The molecule has 1 aromatic rings. The molecule has 1 rings (SSSR count). The normalized spacial score (nSPS) is 13.8. The Morgan fingerprint density at radius 3 is 2.76 bits per heavy atom. The van der Waals surface area contributed by atoms with Crippen LogP contribution in [0.25, 0.3) is 0 Å². The zero-order valence-electron chi connectivity index (χ0n) is 10.1. The Labute approximate surface area is 106 Å². The summed E-state index contributed by atoms with van der Waals surface area (Å²) < 4.78 is 5.53. The van der Waals surface area contributed by atoms with Crippen LogP contribution in [0.1, 0.15) is 19.4 Å². The van der Waals surface area contributed by atoms with Gasteiger partial charge in [-0.25, -0.2) is 0 Å². The number of thioether (sulfide) groups is 1. The molecule has 17 heavy (non-hydrogen) atoms. The molecule has 0 saturated carbocycles. The minimum atomic E-state index is -0.314. The summed E-state index contributed by atoms with van der Waals surface area (Å²) in [5.74, 6) is 1.42. The molecule has 3 nitrogen and oxygen atoms in total. The lowest BCUT2D eigenvalue weighted by Gasteiger charge is -2.14. The molecule has 0 heterocycles. The first kappa shape index (κ1) is 13.9. The van der Waals surface area contributed by atoms with Gasteiger partial charge in [-0.2, -0.15) is 17.0 Å². The van der Waals surface area contributed by atoms with E-state index in [1.165, 1.54) is 0 Å². The minimum absolute atomic E-state index is 0.199. The molecule has 0 radical (unpaired) electrons. The van der Waals surface area contributed by atoms with Crippen LogP contribution < -0.4 is 4.74 Å². The van der Waals surface area contributed by atoms with Crippen molar-refractivity contribution in [3.63, 3.8) is 0 Å². The summed E-state index contributed by atoms with van der Waals surface area (Å²) >= 11 is 1.66. The molecule has 1 N–H and O–H groups in total. The topological polar surface area (TPSA) is 53.2 Å². The largest absolute Gasteiger partial charge is 0.491 e. The van der Waals surface area contributed by atoms with Crippen LogP contribution in [0.3, 0.4) is 0 Å². The van der Waals surface area contributed by atoms with E-state index in [9.17, 15) is 5.11 Å². The van der Waals surface area contributed by atoms with Crippen LogP contribution in [0.2, 0.25) is 0 Å². The van der Waals surface area contributed by atoms with E-state index in [4.69, 9.17) is 10.00 Å². The van der Waals surface area contributed by atoms with Crippen LogP contribution in [0.5, 0.6) is 5.75 Å². The van der Waals surface area contributed by atoms with Gasteiger partial charge in [0.05, 0.1) is 18.3 Å². The highest BCUT2D eigenvalue weighted by atomic mass is 32.2. The van der Waals surface area contributed by atoms with Gasteiger partial charge in [-0.15, -0.1) is 0 Å². The highest BCUT2D eigenvalue weighted by molar-refractivity contribution is 7.99. The van der Waals surface area contributed by atoms with Crippen molar-refractivity contribution in [1.29, 1.82) is 5.26 Å². The van der Waals surface area contributed by atoms with Gasteiger partial charge < -0.3 is 9.84 Å². The Balaban J connectivity index is 2.34. The Morgan fingerprint density at radius 2 is 2.12 bits per heavy atom. The molecule has 0 aromatic heterocycles. The quantitative estimate of drug-likeness (QED) is 0.789. The van der Waals surface area contributed by atoms with Gasteiger partial charge in [0, 0.05) is 11.0 Å². The average molecular weight is 251 g/mol. The maximum absolute atomic E-state index is 9.31. The molecule has 0 saturated heterocycles. The van der Waals surface area contributed by atoms with Crippen molar-refractivity contribution < 1.29 is 9.84 Å². The highest BCUT2D eigenvalue weighted by Crippen LogP contribution is 2.18. The molecule has 0 aliphatic rings. The van der Waals surface area contributed by atoms with Crippen molar-refractivity contribution in [2.75, 3.05) is 12.4 Å². The lowest BCUT2D eigenvalue weighted by atomic mass is 10.2. The SMILES string of the molecule is CC(O)C(C)SCCOc1ccccc1C#N. The van der Waals surface area contributed by atoms with Crippen LogP contribution in [0, 0.1) is 11.3 Å². The summed E-state index contributed by atoms with van der Waals surface area (Å²) in [6.07, 6.45) is -0.314. The van der Waals surface area contributed by atoms with Gasteiger partial charge in [-0.1, -0.05) is 19.1 Å². The van der Waals surface area contributed by atoms with Gasteiger partial charge in [0.1, 0.15) is 11.8 Å². The monoisotopic (exact) mass is 251 g/mol. The van der Waals surface area contributed by atoms with Crippen LogP contribution >= 0.6 is 11.8 Å². The smallest absolute Gasteiger partial charge is 0.137 e. The van der Waals surface area contributed by atoms with Crippen molar-refractivity contribution in [3.8, 4) is 11.8 Å². The molecule has 0 aliphatic heterocycles. The lowest BCUT2D eigenvalue weighted by Crippen LogP contribution is -2.17. The third kappa shape index (κ3) is 4.68. The van der Waals surface area contributed by atoms with E-state index >= 15 is 0 Å². The van der Waals surface area contributed by atoms with E-state index < -0.39 is 0 Å². The predicted octanol–water partition coefficient (Wildman–Crippen LogP) is 2.44. The standard InChI is InChI=1S/C13H17NO2S/c1-10(15)11(2)17-8-7-16-13-6-4-3-5-12(13)9-14/h3-6,10-11,15H,7-8H2,1-2H3. The second-order valence-electron chi connectivity index (χ2n) is 3.77. The third-order valence-electron chi connectivity index (χ3n) is 2.41. The van der Waals surface area contributed by atoms with Crippen LogP contribution in [0.15, 0.2) is 24.3 Å². The second-order valence-corrected chi connectivity index (χ2v) is 5.26. The summed E-state index contributed by atoms with van der Waals surface area (Å²) in [5, 5.41) is 18.4. The Bertz CT molecular complexity index is 387. The fourth-order valence-corrected chi connectivity index (χ4v) is 2.04. The number of benzene rings is 1. The number of para-hydroxylation sites is 1. The maximum atomic E-state index is 9.31. The van der Waals surface area contributed by atoms with E-state index in [1.54, 1.807) is 30.8 Å². The number of rotatable bonds is 6. The van der Waals surface area contributed by atoms with E-state index in [2.05, 4.69) is 6.07 Å². The number of ether oxygens (including phenoxy) is 1. The van der Waals surface area contributed by atoms with Crippen molar-refractivity contribution in [1.82, 2.24) is 0 Å². The van der Waals surface area contributed by atoms with E-state index in [0.29, 0.717) is 17.9 Å². The highest BCUT2D eigenvalue weighted by Gasteiger charge is 2.08. The molecule has 0 bridgehead atoms. The van der Waals surface area contributed by atoms with Crippen LogP contribution in [-0.4, -0.2) is 28.8 Å². The lowest BCUT2D eigenvalue weighted by molar-refractivity contribution is 0.196. The Morgan fingerprint density at radius 1 is 1.41 bits per heavy atom. The first-order valence-electron chi connectivity index (χ1n) is 5.56. The molecule has 4 heteroatoms. The summed E-state index contributed by atoms with van der Waals surface area (Å²) in [4.78, 5) is 0. The summed E-state index contributed by atoms with van der Waals surface area (Å²) in [6, 6.07) is 9.29. The van der Waals surface area contributed by atoms with Crippen molar-refractivity contribution in [3.05, 3.63) is 29.8 Å². The summed E-state index contributed by atoms with van der Waals surface area (Å²) in [6.45, 7) is 4.31. The molecule has 0 fully saturated rings. The minimum Gasteiger partial charge on any atom is -0.491 e. The van der Waals surface area contributed by atoms with Gasteiger partial charge >= 0.3 is 0 Å². The van der Waals surface area contributed by atoms with Crippen molar-refractivity contribution in [2.45, 2.75) is 25.2 Å². The molecule has 2 atom stereocenters. The zero-order chi connectivity index (χ0) is 12.7. The van der Waals surface area contributed by atoms with Crippen molar-refractivity contribution in [2.24, 2.45) is 0 Å². The molecular weight excluding hydrogens is 234 g/mol. The van der Waals surface area contributed by atoms with Gasteiger partial charge in [0.25, 0.3) is 0 Å². The second kappa shape index (κ2) is 7.21. The average Bonchev–Trinajstić information content (AvgIpc) is 2.34. The van der Waals surface area contributed by atoms with Gasteiger partial charge in [0.2, 0.25) is 0 Å². The van der Waals surface area contributed by atoms with E-state index in [0.717, 1.165) is 5.75 Å². The predicted molar refractivity (Wildman–Crippen MR) is 70.3 cm³/mol. The molecule has 0 aliphatic carbocycles. The van der Waals surface area contributed by atoms with Gasteiger partial charge in [-0.3, -0.25) is 0 Å². The van der Waals surface area contributed by atoms with E-state index in [1.807, 2.05) is 19.1 Å². The molecule has 0 spiro atoms. The fourth-order valence-electron chi connectivity index (χ4n) is 1.21. The molecule has 1 aromatic carbocycles. The van der Waals surface area contributed by atoms with Crippen molar-refractivity contribution >= 4 is 11.8 Å². The van der Waals surface area contributed by atoms with Gasteiger partial charge in [0.15, 0.2) is 0 Å². The Kier molecular flexibility index (Phi) is 5.88. The van der Waals surface area contributed by atoms with Crippen LogP contribution in [-0.2, 0) is 0 Å². The third-order valence-corrected chi connectivity index (χ3v) is 3.73. The number of aliphatic hydroxyl groups is 1.